The number of aromatic nitrogens is 1. The summed E-state index contributed by atoms with van der Waals surface area (Å²) in [4.78, 5) is 15.5. The molecule has 1 aromatic heterocycles. The highest BCUT2D eigenvalue weighted by Crippen LogP contribution is 2.37. The summed E-state index contributed by atoms with van der Waals surface area (Å²) in [5.41, 5.74) is 1.36. The lowest BCUT2D eigenvalue weighted by Crippen LogP contribution is -1.94. The van der Waals surface area contributed by atoms with Gasteiger partial charge in [-0.2, -0.15) is 0 Å². The predicted octanol–water partition coefficient (Wildman–Crippen LogP) is 2.55. The number of rotatable bonds is 2. The molecule has 6 heteroatoms. The normalized spacial score (nSPS) is 12.7. The van der Waals surface area contributed by atoms with Crippen LogP contribution in [0.3, 0.4) is 0 Å². The molecular formula is C12H9NO4S. The summed E-state index contributed by atoms with van der Waals surface area (Å²) in [6.45, 7) is 1.91. The Labute approximate surface area is 107 Å². The van der Waals surface area contributed by atoms with Crippen molar-refractivity contribution in [3.8, 4) is 22.1 Å². The van der Waals surface area contributed by atoms with Crippen LogP contribution in [-0.2, 0) is 0 Å². The second-order valence-electron chi connectivity index (χ2n) is 3.81. The Morgan fingerprint density at radius 2 is 2.17 bits per heavy atom. The van der Waals surface area contributed by atoms with Gasteiger partial charge in [0, 0.05) is 5.56 Å². The number of nitrogens with zero attached hydrogens (tertiary/aromatic N) is 1. The molecule has 2 aromatic rings. The highest BCUT2D eigenvalue weighted by atomic mass is 32.1. The molecule has 18 heavy (non-hydrogen) atoms. The van der Waals surface area contributed by atoms with Gasteiger partial charge in [0.1, 0.15) is 9.88 Å². The van der Waals surface area contributed by atoms with Crippen molar-refractivity contribution in [3.63, 3.8) is 0 Å². The van der Waals surface area contributed by atoms with Gasteiger partial charge in [-0.3, -0.25) is 0 Å². The molecule has 0 saturated carbocycles. The standard InChI is InChI=1S/C12H9NO4S/c1-6-10(12(14)15)18-11(13-6)7-2-3-8-9(4-7)17-5-16-8/h2-4H,5H2,1H3,(H,14,15). The molecule has 0 bridgehead atoms. The van der Waals surface area contributed by atoms with Gasteiger partial charge >= 0.3 is 5.97 Å². The Kier molecular flexibility index (Phi) is 2.45. The number of carboxylic acid groups (broad SMARTS) is 1. The Morgan fingerprint density at radius 1 is 1.39 bits per heavy atom. The maximum absolute atomic E-state index is 11.0. The number of carbonyl (C=O) groups is 1. The van der Waals surface area contributed by atoms with Crippen molar-refractivity contribution in [1.82, 2.24) is 4.98 Å². The zero-order chi connectivity index (χ0) is 12.7. The monoisotopic (exact) mass is 263 g/mol. The maximum Gasteiger partial charge on any atom is 0.347 e. The number of hydrogen-bond donors (Lipinski definition) is 1. The third-order valence-electron chi connectivity index (χ3n) is 2.61. The van der Waals surface area contributed by atoms with Crippen LogP contribution in [0.25, 0.3) is 10.6 Å². The highest BCUT2D eigenvalue weighted by molar-refractivity contribution is 7.17. The van der Waals surface area contributed by atoms with Crippen molar-refractivity contribution in [3.05, 3.63) is 28.8 Å². The number of aryl methyl sites for hydroxylation is 1. The quantitative estimate of drug-likeness (QED) is 0.901. The zero-order valence-corrected chi connectivity index (χ0v) is 10.3. The largest absolute Gasteiger partial charge is 0.477 e. The molecule has 2 heterocycles. The fourth-order valence-corrected chi connectivity index (χ4v) is 2.65. The number of thiazole rings is 1. The fraction of sp³-hybridized carbons (Fsp3) is 0.167. The van der Waals surface area contributed by atoms with Crippen LogP contribution in [0.15, 0.2) is 18.2 Å². The summed E-state index contributed by atoms with van der Waals surface area (Å²) < 4.78 is 10.5. The first-order valence-electron chi connectivity index (χ1n) is 5.26. The van der Waals surface area contributed by atoms with E-state index < -0.39 is 5.97 Å². The SMILES string of the molecule is Cc1nc(-c2ccc3c(c2)OCO3)sc1C(=O)O. The maximum atomic E-state index is 11.0. The van der Waals surface area contributed by atoms with Crippen LogP contribution in [0.2, 0.25) is 0 Å². The first-order valence-corrected chi connectivity index (χ1v) is 6.07. The van der Waals surface area contributed by atoms with Crippen molar-refractivity contribution in [1.29, 1.82) is 0 Å². The number of fused-ring (bicyclic) bond motifs is 1. The van der Waals surface area contributed by atoms with E-state index in [0.717, 1.165) is 16.9 Å². The number of hydrogen-bond acceptors (Lipinski definition) is 5. The topological polar surface area (TPSA) is 68.7 Å². The van der Waals surface area contributed by atoms with E-state index in [4.69, 9.17) is 14.6 Å². The van der Waals surface area contributed by atoms with E-state index in [1.54, 1.807) is 13.0 Å². The molecule has 1 N–H and O–H groups in total. The van der Waals surface area contributed by atoms with Crippen molar-refractivity contribution in [2.75, 3.05) is 6.79 Å². The van der Waals surface area contributed by atoms with E-state index in [2.05, 4.69) is 4.98 Å². The van der Waals surface area contributed by atoms with Gasteiger partial charge in [0.15, 0.2) is 11.5 Å². The first kappa shape index (κ1) is 11.0. The third kappa shape index (κ3) is 1.70. The van der Waals surface area contributed by atoms with E-state index in [0.29, 0.717) is 22.2 Å². The molecule has 1 aliphatic heterocycles. The predicted molar refractivity (Wildman–Crippen MR) is 65.4 cm³/mol. The molecule has 0 saturated heterocycles. The Hall–Kier alpha value is -2.08. The minimum Gasteiger partial charge on any atom is -0.477 e. The number of ether oxygens (including phenoxy) is 2. The first-order chi connectivity index (χ1) is 8.65. The van der Waals surface area contributed by atoms with Gasteiger partial charge in [-0.25, -0.2) is 9.78 Å². The number of aromatic carboxylic acids is 1. The average molecular weight is 263 g/mol. The molecule has 5 nitrogen and oxygen atoms in total. The summed E-state index contributed by atoms with van der Waals surface area (Å²) in [7, 11) is 0. The Bertz CT molecular complexity index is 635. The van der Waals surface area contributed by atoms with Gasteiger partial charge in [-0.05, 0) is 25.1 Å². The Balaban J connectivity index is 2.05. The van der Waals surface area contributed by atoms with Crippen LogP contribution in [0, 0.1) is 6.92 Å². The van der Waals surface area contributed by atoms with E-state index in [1.165, 1.54) is 0 Å². The summed E-state index contributed by atoms with van der Waals surface area (Å²) in [5, 5.41) is 9.68. The van der Waals surface area contributed by atoms with Crippen molar-refractivity contribution in [2.24, 2.45) is 0 Å². The van der Waals surface area contributed by atoms with Crippen molar-refractivity contribution in [2.45, 2.75) is 6.92 Å². The third-order valence-corrected chi connectivity index (χ3v) is 3.80. The van der Waals surface area contributed by atoms with E-state index in [-0.39, 0.29) is 11.7 Å². The molecule has 0 radical (unpaired) electrons. The second kappa shape index (κ2) is 3.99. The minimum atomic E-state index is -0.947. The van der Waals surface area contributed by atoms with Gasteiger partial charge in [0.2, 0.25) is 6.79 Å². The molecule has 0 spiro atoms. The van der Waals surface area contributed by atoms with Gasteiger partial charge < -0.3 is 14.6 Å². The molecule has 1 aromatic carbocycles. The van der Waals surface area contributed by atoms with Crippen LogP contribution in [0.1, 0.15) is 15.4 Å². The lowest BCUT2D eigenvalue weighted by Gasteiger charge is -1.98. The van der Waals surface area contributed by atoms with Gasteiger partial charge in [-0.1, -0.05) is 0 Å². The van der Waals surface area contributed by atoms with Crippen LogP contribution >= 0.6 is 11.3 Å². The molecule has 1 aliphatic rings. The van der Waals surface area contributed by atoms with Crippen LogP contribution in [0.4, 0.5) is 0 Å². The second-order valence-corrected chi connectivity index (χ2v) is 4.81. The number of benzene rings is 1. The van der Waals surface area contributed by atoms with Gasteiger partial charge in [0.25, 0.3) is 0 Å². The fourth-order valence-electron chi connectivity index (χ4n) is 1.75. The molecular weight excluding hydrogens is 254 g/mol. The van der Waals surface area contributed by atoms with Gasteiger partial charge in [0.05, 0.1) is 5.69 Å². The van der Waals surface area contributed by atoms with Crippen LogP contribution in [-0.4, -0.2) is 22.9 Å². The average Bonchev–Trinajstić information content (AvgIpc) is 2.93. The van der Waals surface area contributed by atoms with E-state index in [9.17, 15) is 4.79 Å². The lowest BCUT2D eigenvalue weighted by molar-refractivity contribution is 0.0701. The van der Waals surface area contributed by atoms with Crippen molar-refractivity contribution >= 4 is 17.3 Å². The molecule has 92 valence electrons. The molecule has 3 rings (SSSR count). The van der Waals surface area contributed by atoms with Crippen LogP contribution < -0.4 is 9.47 Å². The lowest BCUT2D eigenvalue weighted by atomic mass is 10.2. The molecule has 0 amide bonds. The highest BCUT2D eigenvalue weighted by Gasteiger charge is 2.18. The summed E-state index contributed by atoms with van der Waals surface area (Å²) in [5.74, 6) is 0.416. The Morgan fingerprint density at radius 3 is 2.89 bits per heavy atom. The number of carboxylic acids is 1. The summed E-state index contributed by atoms with van der Waals surface area (Å²) >= 11 is 1.16. The van der Waals surface area contributed by atoms with Gasteiger partial charge in [-0.15, -0.1) is 11.3 Å². The van der Waals surface area contributed by atoms with E-state index in [1.807, 2.05) is 12.1 Å². The molecule has 0 fully saturated rings. The van der Waals surface area contributed by atoms with E-state index >= 15 is 0 Å². The summed E-state index contributed by atoms with van der Waals surface area (Å²) in [6, 6.07) is 5.46. The summed E-state index contributed by atoms with van der Waals surface area (Å²) in [6.07, 6.45) is 0. The van der Waals surface area contributed by atoms with Crippen LogP contribution in [0.5, 0.6) is 11.5 Å². The minimum absolute atomic E-state index is 0.218. The molecule has 0 unspecified atom stereocenters. The smallest absolute Gasteiger partial charge is 0.347 e. The molecule has 0 atom stereocenters. The molecule has 0 aliphatic carbocycles. The van der Waals surface area contributed by atoms with Crippen molar-refractivity contribution < 1.29 is 19.4 Å². The zero-order valence-electron chi connectivity index (χ0n) is 9.47.